The van der Waals surface area contributed by atoms with Crippen LogP contribution in [0.5, 0.6) is 0 Å². The van der Waals surface area contributed by atoms with Gasteiger partial charge in [-0.3, -0.25) is 0 Å². The number of fused-ring (bicyclic) bond motifs is 2. The number of hydrogen-bond acceptors (Lipinski definition) is 1. The maximum absolute atomic E-state index is 13.3. The van der Waals surface area contributed by atoms with Crippen molar-refractivity contribution < 1.29 is 9.28 Å². The second-order valence-corrected chi connectivity index (χ2v) is 13.4. The van der Waals surface area contributed by atoms with E-state index in [0.717, 1.165) is 29.3 Å². The van der Waals surface area contributed by atoms with E-state index in [1.165, 1.54) is 41.3 Å². The van der Waals surface area contributed by atoms with E-state index in [1.807, 2.05) is 30.3 Å². The van der Waals surface area contributed by atoms with E-state index in [1.54, 1.807) is 0 Å². The Morgan fingerprint density at radius 3 is 1.76 bits per heavy atom. The number of benzene rings is 3. The molecule has 3 heteroatoms. The Morgan fingerprint density at radius 1 is 0.794 bits per heavy atom. The molecule has 2 fully saturated rings. The predicted octanol–water partition coefficient (Wildman–Crippen LogP) is 6.08. The Balaban J connectivity index is 1.50. The van der Waals surface area contributed by atoms with Crippen molar-refractivity contribution >= 4 is 20.3 Å². The van der Waals surface area contributed by atoms with Gasteiger partial charge in [0, 0.05) is 0 Å². The van der Waals surface area contributed by atoms with E-state index in [4.69, 9.17) is 0 Å². The molecule has 5 rings (SSSR count). The third-order valence-electron chi connectivity index (χ3n) is 8.80. The maximum atomic E-state index is 13.3. The molecule has 3 unspecified atom stereocenters. The van der Waals surface area contributed by atoms with E-state index < -0.39 is 15.8 Å². The van der Waals surface area contributed by atoms with Gasteiger partial charge in [0.2, 0.25) is 0 Å². The van der Waals surface area contributed by atoms with Gasteiger partial charge in [-0.15, -0.1) is 0 Å². The van der Waals surface area contributed by atoms with Gasteiger partial charge < -0.3 is 0 Å². The molecule has 0 saturated carbocycles. The number of nitrogens with zero attached hydrogens (tertiary/aromatic N) is 1. The normalized spacial score (nSPS) is 23.9. The average Bonchev–Trinajstić information content (AvgIpc) is 3.03. The molecule has 34 heavy (non-hydrogen) atoms. The van der Waals surface area contributed by atoms with Gasteiger partial charge >= 0.3 is 212 Å². The standard InChI is InChI=1S/C31H37AsNO/c1-33(2)28-18-19-29(33)21-24(20-28)22-31(26-14-8-4-9-15-26,27-16-10-5-11-17-27)23-32-30(34)25-12-6-3-7-13-25/h3-17,24,28-29,32H,18-23H2,1-2H3/q+1. The van der Waals surface area contributed by atoms with Crippen LogP contribution in [0.25, 0.3) is 0 Å². The predicted molar refractivity (Wildman–Crippen MR) is 143 cm³/mol. The monoisotopic (exact) mass is 514 g/mol. The van der Waals surface area contributed by atoms with Gasteiger partial charge in [0.1, 0.15) is 0 Å². The molecule has 2 saturated heterocycles. The van der Waals surface area contributed by atoms with E-state index in [2.05, 4.69) is 74.8 Å². The first kappa shape index (κ1) is 23.6. The molecule has 2 nitrogen and oxygen atoms in total. The van der Waals surface area contributed by atoms with Gasteiger partial charge in [0.25, 0.3) is 0 Å². The van der Waals surface area contributed by atoms with E-state index >= 15 is 0 Å². The topological polar surface area (TPSA) is 17.1 Å². The number of piperidine rings is 1. The minimum atomic E-state index is -0.822. The molecule has 2 heterocycles. The summed E-state index contributed by atoms with van der Waals surface area (Å²) in [6, 6.07) is 33.7. The third-order valence-corrected chi connectivity index (χ3v) is 11.7. The second kappa shape index (κ2) is 9.84. The summed E-state index contributed by atoms with van der Waals surface area (Å²) in [5.41, 5.74) is 3.56. The summed E-state index contributed by atoms with van der Waals surface area (Å²) in [5.74, 6) is 0.711. The Bertz CT molecular complexity index is 1040. The molecule has 0 amide bonds. The molecule has 0 radical (unpaired) electrons. The van der Waals surface area contributed by atoms with Crippen molar-refractivity contribution in [1.29, 1.82) is 0 Å². The fourth-order valence-electron chi connectivity index (χ4n) is 6.77. The summed E-state index contributed by atoms with van der Waals surface area (Å²) >= 11 is -0.822. The SMILES string of the molecule is C[N+]1(C)C2CCC1CC(CC(C[AsH]C(=O)c1ccccc1)(c1ccccc1)c1ccccc1)C2. The summed E-state index contributed by atoms with van der Waals surface area (Å²) in [7, 11) is 4.90. The van der Waals surface area contributed by atoms with Crippen LogP contribution in [0.3, 0.4) is 0 Å². The van der Waals surface area contributed by atoms with Crippen LogP contribution >= 0.6 is 0 Å². The van der Waals surface area contributed by atoms with Crippen molar-refractivity contribution in [3.8, 4) is 0 Å². The van der Waals surface area contributed by atoms with Crippen LogP contribution < -0.4 is 0 Å². The van der Waals surface area contributed by atoms with Crippen molar-refractivity contribution in [3.05, 3.63) is 108 Å². The Labute approximate surface area is 211 Å². The summed E-state index contributed by atoms with van der Waals surface area (Å²) < 4.78 is 1.58. The number of hydrogen-bond donors (Lipinski definition) is 0. The first-order valence-corrected chi connectivity index (χ1v) is 15.3. The van der Waals surface area contributed by atoms with Crippen LogP contribution in [-0.4, -0.2) is 51.0 Å². The van der Waals surface area contributed by atoms with Crippen molar-refractivity contribution in [2.24, 2.45) is 5.92 Å². The number of carbonyl (C=O) groups excluding carboxylic acids is 1. The molecule has 2 aliphatic rings. The van der Waals surface area contributed by atoms with Gasteiger partial charge in [-0.25, -0.2) is 0 Å². The zero-order chi connectivity index (χ0) is 23.6. The van der Waals surface area contributed by atoms with Gasteiger partial charge in [-0.1, -0.05) is 0 Å². The van der Waals surface area contributed by atoms with E-state index in [9.17, 15) is 4.79 Å². The van der Waals surface area contributed by atoms with Crippen molar-refractivity contribution in [1.82, 2.24) is 0 Å². The molecular weight excluding hydrogens is 477 g/mol. The Morgan fingerprint density at radius 2 is 1.26 bits per heavy atom. The quantitative estimate of drug-likeness (QED) is 0.263. The summed E-state index contributed by atoms with van der Waals surface area (Å²) in [6.07, 6.45) is 6.53. The first-order valence-electron chi connectivity index (χ1n) is 12.8. The fourth-order valence-corrected chi connectivity index (χ4v) is 9.68. The molecule has 3 aromatic rings. The molecule has 3 aromatic carbocycles. The molecule has 0 N–H and O–H groups in total. The first-order chi connectivity index (χ1) is 16.5. The van der Waals surface area contributed by atoms with Crippen LogP contribution in [0.4, 0.5) is 0 Å². The van der Waals surface area contributed by atoms with Gasteiger partial charge in [0.15, 0.2) is 0 Å². The number of quaternary nitrogens is 1. The Kier molecular flexibility index (Phi) is 6.83. The number of rotatable bonds is 8. The molecular formula is C31H37AsNO+. The molecule has 176 valence electrons. The molecule has 3 atom stereocenters. The molecule has 0 spiro atoms. The minimum absolute atomic E-state index is 0.0917. The van der Waals surface area contributed by atoms with Gasteiger partial charge in [0.05, 0.1) is 0 Å². The summed E-state index contributed by atoms with van der Waals surface area (Å²) in [5, 5.41) is 0.971. The van der Waals surface area contributed by atoms with Crippen LogP contribution in [0.1, 0.15) is 53.6 Å². The van der Waals surface area contributed by atoms with E-state index in [-0.39, 0.29) is 5.41 Å². The van der Waals surface area contributed by atoms with Crippen LogP contribution in [-0.2, 0) is 5.41 Å². The summed E-state index contributed by atoms with van der Waals surface area (Å²) in [6.45, 7) is 0. The molecule has 2 bridgehead atoms. The van der Waals surface area contributed by atoms with Crippen LogP contribution in [0, 0.1) is 5.92 Å². The zero-order valence-electron chi connectivity index (χ0n) is 20.5. The van der Waals surface area contributed by atoms with E-state index in [0.29, 0.717) is 10.5 Å². The average molecular weight is 515 g/mol. The van der Waals surface area contributed by atoms with Crippen LogP contribution in [0.2, 0.25) is 5.21 Å². The number of carbonyl (C=O) groups is 1. The van der Waals surface area contributed by atoms with Crippen LogP contribution in [0.15, 0.2) is 91.0 Å². The summed E-state index contributed by atoms with van der Waals surface area (Å²) in [4.78, 5) is 13.3. The zero-order valence-corrected chi connectivity index (χ0v) is 22.6. The van der Waals surface area contributed by atoms with Crippen molar-refractivity contribution in [2.75, 3.05) is 14.1 Å². The molecule has 0 aromatic heterocycles. The van der Waals surface area contributed by atoms with Gasteiger partial charge in [-0.2, -0.15) is 0 Å². The molecule has 2 aliphatic heterocycles. The van der Waals surface area contributed by atoms with Crippen molar-refractivity contribution in [3.63, 3.8) is 0 Å². The molecule has 0 aliphatic carbocycles. The second-order valence-electron chi connectivity index (χ2n) is 10.9. The third kappa shape index (κ3) is 4.55. The van der Waals surface area contributed by atoms with Gasteiger partial charge in [-0.05, 0) is 0 Å². The fraction of sp³-hybridized carbons (Fsp3) is 0.387. The Hall–Kier alpha value is -2.15. The van der Waals surface area contributed by atoms with Crippen molar-refractivity contribution in [2.45, 2.75) is 54.8 Å².